The normalized spacial score (nSPS) is 0. The zero-order valence-corrected chi connectivity index (χ0v) is 9.68. The molecule has 0 fully saturated rings. The summed E-state index contributed by atoms with van der Waals surface area (Å²) in [5.74, 6) is 0. The molecule has 0 aromatic heterocycles. The number of hydrogen-bond donors (Lipinski definition) is 0. The molecule has 0 aliphatic carbocycles. The first-order chi connectivity index (χ1) is 0. The molecule has 0 unspecified atom stereocenters. The average Bonchev–Trinajstić information content (AvgIpc) is 0. The fourth-order valence-corrected chi connectivity index (χ4v) is 0. The minimum atomic E-state index is 0. The molecule has 9 radical (unpaired) electrons. The topological polar surface area (TPSA) is 0 Å². The van der Waals surface area contributed by atoms with Crippen molar-refractivity contribution in [3.63, 3.8) is 0 Å². The second-order valence-electron chi connectivity index (χ2n) is 0. The SMILES string of the molecule is [Al].[Ca].[Ca].[Mg]. The standard InChI is InChI=1S/Al.2Ca.Mg. The van der Waals surface area contributed by atoms with E-state index >= 15 is 0 Å². The van der Waals surface area contributed by atoms with Gasteiger partial charge in [0.25, 0.3) is 0 Å². The Balaban J connectivity index is 0. The molecule has 0 aliphatic rings. The van der Waals surface area contributed by atoms with Crippen LogP contribution in [0.4, 0.5) is 0 Å². The van der Waals surface area contributed by atoms with Crippen LogP contribution in [0.15, 0.2) is 0 Å². The summed E-state index contributed by atoms with van der Waals surface area (Å²) in [6.45, 7) is 0. The van der Waals surface area contributed by atoms with Crippen LogP contribution in [0.2, 0.25) is 0 Å². The minimum Gasteiger partial charge on any atom is 0 e. The Morgan fingerprint density at radius 1 is 0.750 bits per heavy atom. The zero-order chi connectivity index (χ0) is 0. The first-order valence-corrected chi connectivity index (χ1v) is 0. The molecule has 0 aromatic rings. The van der Waals surface area contributed by atoms with Gasteiger partial charge in [-0.25, -0.2) is 0 Å². The van der Waals surface area contributed by atoms with E-state index in [1.54, 1.807) is 0 Å². The molecule has 0 spiro atoms. The summed E-state index contributed by atoms with van der Waals surface area (Å²) in [5, 5.41) is 0. The first kappa shape index (κ1) is 24.9. The van der Waals surface area contributed by atoms with Gasteiger partial charge in [0.05, 0.1) is 0 Å². The third-order valence-electron chi connectivity index (χ3n) is 0. The van der Waals surface area contributed by atoms with Gasteiger partial charge in [-0.05, 0) is 0 Å². The molecule has 0 saturated carbocycles. The van der Waals surface area contributed by atoms with Gasteiger partial charge in [0, 0.05) is 116 Å². The molecular weight excluding hydrogens is 131 g/mol. The summed E-state index contributed by atoms with van der Waals surface area (Å²) in [5.41, 5.74) is 0. The van der Waals surface area contributed by atoms with Gasteiger partial charge in [-0.3, -0.25) is 0 Å². The second-order valence-corrected chi connectivity index (χ2v) is 0. The molecule has 0 N–H and O–H groups in total. The van der Waals surface area contributed by atoms with Crippen molar-refractivity contribution in [3.05, 3.63) is 0 Å². The first-order valence-electron chi connectivity index (χ1n) is 0. The van der Waals surface area contributed by atoms with E-state index in [2.05, 4.69) is 0 Å². The Morgan fingerprint density at radius 3 is 0.750 bits per heavy atom. The van der Waals surface area contributed by atoms with E-state index in [9.17, 15) is 0 Å². The van der Waals surface area contributed by atoms with E-state index in [1.807, 2.05) is 0 Å². The molecule has 0 rings (SSSR count). The van der Waals surface area contributed by atoms with Crippen LogP contribution in [-0.4, -0.2) is 116 Å². The van der Waals surface area contributed by atoms with Gasteiger partial charge in [0.15, 0.2) is 0 Å². The summed E-state index contributed by atoms with van der Waals surface area (Å²) in [6, 6.07) is 0. The molecule has 0 nitrogen and oxygen atoms in total. The van der Waals surface area contributed by atoms with E-state index in [4.69, 9.17) is 0 Å². The molecule has 4 heavy (non-hydrogen) atoms. The van der Waals surface area contributed by atoms with Crippen molar-refractivity contribution in [2.24, 2.45) is 0 Å². The van der Waals surface area contributed by atoms with E-state index in [-0.39, 0.29) is 116 Å². The van der Waals surface area contributed by atoms with Crippen molar-refractivity contribution in [2.75, 3.05) is 0 Å². The summed E-state index contributed by atoms with van der Waals surface area (Å²) in [6.07, 6.45) is 0. The fraction of sp³-hybridized carbons (Fsp3) is 0. The van der Waals surface area contributed by atoms with Gasteiger partial charge >= 0.3 is 0 Å². The monoisotopic (exact) mass is 131 g/mol. The van der Waals surface area contributed by atoms with Gasteiger partial charge in [-0.15, -0.1) is 0 Å². The van der Waals surface area contributed by atoms with Crippen LogP contribution in [-0.2, 0) is 0 Å². The van der Waals surface area contributed by atoms with E-state index < -0.39 is 0 Å². The molecule has 0 saturated heterocycles. The summed E-state index contributed by atoms with van der Waals surface area (Å²) in [4.78, 5) is 0. The minimum absolute atomic E-state index is 0. The van der Waals surface area contributed by atoms with Gasteiger partial charge < -0.3 is 0 Å². The van der Waals surface area contributed by atoms with Crippen LogP contribution in [0, 0.1) is 0 Å². The largest absolute Gasteiger partial charge is 0 e. The predicted molar refractivity (Wildman–Crippen MR) is 23.0 cm³/mol. The fourth-order valence-electron chi connectivity index (χ4n) is 0. The molecule has 0 bridgehead atoms. The van der Waals surface area contributed by atoms with E-state index in [0.717, 1.165) is 0 Å². The molecule has 0 heterocycles. The third kappa shape index (κ3) is 9.26. The summed E-state index contributed by atoms with van der Waals surface area (Å²) >= 11 is 0. The molecule has 0 aromatic carbocycles. The Hall–Kier alpha value is 3.82. The second kappa shape index (κ2) is 15.8. The summed E-state index contributed by atoms with van der Waals surface area (Å²) in [7, 11) is 0. The van der Waals surface area contributed by atoms with Crippen LogP contribution in [0.1, 0.15) is 0 Å². The quantitative estimate of drug-likeness (QED) is 0.350. The van der Waals surface area contributed by atoms with E-state index in [0.29, 0.717) is 0 Å². The Bertz CT molecular complexity index is 6.00. The Morgan fingerprint density at radius 2 is 0.750 bits per heavy atom. The van der Waals surface area contributed by atoms with E-state index in [1.165, 1.54) is 0 Å². The van der Waals surface area contributed by atoms with Crippen LogP contribution in [0.3, 0.4) is 0 Å². The predicted octanol–water partition coefficient (Wildman–Crippen LogP) is -1.52. The van der Waals surface area contributed by atoms with Crippen LogP contribution < -0.4 is 0 Å². The maximum Gasteiger partial charge on any atom is 0 e. The average molecular weight is 131 g/mol. The number of hydrogen-bond acceptors (Lipinski definition) is 0. The van der Waals surface area contributed by atoms with Gasteiger partial charge in [0.2, 0.25) is 0 Å². The van der Waals surface area contributed by atoms with Crippen molar-refractivity contribution in [1.82, 2.24) is 0 Å². The molecule has 4 heteroatoms. The molecular formula is AlCa2Mg. The third-order valence-corrected chi connectivity index (χ3v) is 0. The van der Waals surface area contributed by atoms with Crippen molar-refractivity contribution < 1.29 is 0 Å². The van der Waals surface area contributed by atoms with Crippen molar-refractivity contribution >= 4 is 116 Å². The zero-order valence-electron chi connectivity index (χ0n) is 2.70. The molecule has 9 valence electrons. The van der Waals surface area contributed by atoms with Crippen molar-refractivity contribution in [2.45, 2.75) is 0 Å². The van der Waals surface area contributed by atoms with Crippen LogP contribution in [0.5, 0.6) is 0 Å². The van der Waals surface area contributed by atoms with Gasteiger partial charge in [-0.1, -0.05) is 0 Å². The van der Waals surface area contributed by atoms with Crippen molar-refractivity contribution in [1.29, 1.82) is 0 Å². The molecule has 0 atom stereocenters. The van der Waals surface area contributed by atoms with Gasteiger partial charge in [0.1, 0.15) is 0 Å². The van der Waals surface area contributed by atoms with Crippen LogP contribution >= 0.6 is 0 Å². The molecule has 0 aliphatic heterocycles. The van der Waals surface area contributed by atoms with Crippen molar-refractivity contribution in [3.8, 4) is 0 Å². The Labute approximate surface area is 113 Å². The maximum atomic E-state index is 0. The Kier molecular flexibility index (Phi) is 98.7. The van der Waals surface area contributed by atoms with Crippen LogP contribution in [0.25, 0.3) is 0 Å². The summed E-state index contributed by atoms with van der Waals surface area (Å²) < 4.78 is 0. The number of rotatable bonds is 0. The smallest absolute Gasteiger partial charge is 0 e. The molecule has 0 amide bonds. The van der Waals surface area contributed by atoms with Gasteiger partial charge in [-0.2, -0.15) is 0 Å². The maximum absolute atomic E-state index is 0.